The van der Waals surface area contributed by atoms with E-state index in [0.29, 0.717) is 0 Å². The van der Waals surface area contributed by atoms with Crippen molar-refractivity contribution in [3.63, 3.8) is 0 Å². The lowest BCUT2D eigenvalue weighted by molar-refractivity contribution is 0.824. The van der Waals surface area contributed by atoms with Crippen molar-refractivity contribution in [2.45, 2.75) is 0 Å². The topological polar surface area (TPSA) is 73.1 Å². The number of H-pyrrole nitrogens is 1. The van der Waals surface area contributed by atoms with E-state index in [1.54, 1.807) is 0 Å². The molecule has 1 aromatic rings. The van der Waals surface area contributed by atoms with E-state index in [9.17, 15) is 0 Å². The second kappa shape index (κ2) is 2.34. The Morgan fingerprint density at radius 2 is 2.33 bits per heavy atom. The van der Waals surface area contributed by atoms with Gasteiger partial charge in [-0.2, -0.15) is 5.10 Å². The maximum absolute atomic E-state index is 3.56. The van der Waals surface area contributed by atoms with Crippen LogP contribution in [0.5, 0.6) is 0 Å². The summed E-state index contributed by atoms with van der Waals surface area (Å²) in [6.07, 6.45) is 2.96. The molecule has 0 unspecified atom stereocenters. The highest BCUT2D eigenvalue weighted by atomic mass is 16.0. The van der Waals surface area contributed by atoms with Gasteiger partial charge in [0, 0.05) is 0 Å². The molecule has 0 radical (unpaired) electrons. The molecule has 0 amide bonds. The van der Waals surface area contributed by atoms with Gasteiger partial charge < -0.3 is 5.48 Å². The van der Waals surface area contributed by atoms with E-state index in [2.05, 4.69) is 15.2 Å². The smallest absolute Gasteiger partial charge is 0.137 e. The third-order valence-corrected chi connectivity index (χ3v) is 0.331. The SMILES string of the molecule is O.c1nc[nH]n1. The standard InChI is InChI=1S/C2H3N3.H2O/c1-3-2-5-4-1;/h1-2H,(H,3,4,5);1H2. The van der Waals surface area contributed by atoms with Gasteiger partial charge >= 0.3 is 0 Å². The molecular weight excluding hydrogens is 82.0 g/mol. The predicted molar refractivity (Wildman–Crippen MR) is 20.0 cm³/mol. The molecule has 0 aliphatic rings. The Kier molecular flexibility index (Phi) is 1.99. The summed E-state index contributed by atoms with van der Waals surface area (Å²) in [5.74, 6) is 0. The fourth-order valence-corrected chi connectivity index (χ4v) is 0.167. The molecule has 0 fully saturated rings. The van der Waals surface area contributed by atoms with Crippen molar-refractivity contribution in [1.82, 2.24) is 15.2 Å². The molecule has 0 atom stereocenters. The maximum atomic E-state index is 3.56. The van der Waals surface area contributed by atoms with Crippen LogP contribution in [0.1, 0.15) is 0 Å². The Bertz CT molecular complexity index is 65.3. The van der Waals surface area contributed by atoms with Crippen molar-refractivity contribution in [3.05, 3.63) is 12.7 Å². The Morgan fingerprint density at radius 3 is 2.50 bits per heavy atom. The minimum atomic E-state index is 0. The molecule has 1 aromatic heterocycles. The van der Waals surface area contributed by atoms with Crippen molar-refractivity contribution in [2.75, 3.05) is 0 Å². The fraction of sp³-hybridized carbons (Fsp3) is 0. The lowest BCUT2D eigenvalue weighted by Crippen LogP contribution is -1.53. The second-order valence-corrected chi connectivity index (χ2v) is 0.652. The first-order valence-corrected chi connectivity index (χ1v) is 1.29. The van der Waals surface area contributed by atoms with Crippen LogP contribution < -0.4 is 0 Å². The lowest BCUT2D eigenvalue weighted by atomic mass is 11.3. The highest BCUT2D eigenvalue weighted by molar-refractivity contribution is 4.43. The third-order valence-electron chi connectivity index (χ3n) is 0.331. The number of hydrogen-bond acceptors (Lipinski definition) is 2. The van der Waals surface area contributed by atoms with Crippen molar-refractivity contribution in [3.8, 4) is 0 Å². The average Bonchev–Trinajstić information content (AvgIpc) is 1.76. The predicted octanol–water partition coefficient (Wildman–Crippen LogP) is -1.02. The van der Waals surface area contributed by atoms with Gasteiger partial charge in [0.2, 0.25) is 0 Å². The summed E-state index contributed by atoms with van der Waals surface area (Å²) in [6, 6.07) is 0. The first-order valence-electron chi connectivity index (χ1n) is 1.29. The van der Waals surface area contributed by atoms with Crippen molar-refractivity contribution >= 4 is 0 Å². The zero-order chi connectivity index (χ0) is 3.54. The average molecular weight is 87.1 g/mol. The molecule has 1 heterocycles. The molecule has 0 aliphatic heterocycles. The number of aromatic amines is 1. The summed E-state index contributed by atoms with van der Waals surface area (Å²) in [6.45, 7) is 0. The Morgan fingerprint density at radius 1 is 1.50 bits per heavy atom. The van der Waals surface area contributed by atoms with E-state index in [1.807, 2.05) is 0 Å². The van der Waals surface area contributed by atoms with Gasteiger partial charge in [-0.1, -0.05) is 0 Å². The quantitative estimate of drug-likeness (QED) is 0.439. The molecule has 0 saturated carbocycles. The van der Waals surface area contributed by atoms with Crippen LogP contribution in [0.15, 0.2) is 12.7 Å². The van der Waals surface area contributed by atoms with E-state index in [-0.39, 0.29) is 5.48 Å². The number of aromatic nitrogens is 3. The first-order chi connectivity index (χ1) is 2.50. The van der Waals surface area contributed by atoms with Gasteiger partial charge in [-0.15, -0.1) is 0 Å². The van der Waals surface area contributed by atoms with Crippen LogP contribution in [0.2, 0.25) is 0 Å². The van der Waals surface area contributed by atoms with E-state index in [1.165, 1.54) is 12.7 Å². The second-order valence-electron chi connectivity index (χ2n) is 0.652. The maximum Gasteiger partial charge on any atom is 0.137 e. The van der Waals surface area contributed by atoms with Gasteiger partial charge in [0.25, 0.3) is 0 Å². The van der Waals surface area contributed by atoms with Gasteiger partial charge in [0.1, 0.15) is 12.7 Å². The summed E-state index contributed by atoms with van der Waals surface area (Å²) in [5.41, 5.74) is 0. The lowest BCUT2D eigenvalue weighted by Gasteiger charge is -1.46. The zero-order valence-electron chi connectivity index (χ0n) is 3.05. The molecule has 4 nitrogen and oxygen atoms in total. The molecule has 34 valence electrons. The largest absolute Gasteiger partial charge is 0.412 e. The van der Waals surface area contributed by atoms with E-state index < -0.39 is 0 Å². The molecule has 1 rings (SSSR count). The van der Waals surface area contributed by atoms with Crippen molar-refractivity contribution in [1.29, 1.82) is 0 Å². The molecule has 3 N–H and O–H groups in total. The summed E-state index contributed by atoms with van der Waals surface area (Å²) in [4.78, 5) is 3.56. The summed E-state index contributed by atoms with van der Waals surface area (Å²) in [5, 5.41) is 5.99. The van der Waals surface area contributed by atoms with Gasteiger partial charge in [-0.25, -0.2) is 4.98 Å². The highest BCUT2D eigenvalue weighted by Gasteiger charge is 1.57. The van der Waals surface area contributed by atoms with Crippen LogP contribution in [-0.2, 0) is 0 Å². The van der Waals surface area contributed by atoms with Gasteiger partial charge in [0.15, 0.2) is 0 Å². The molecule has 0 bridgehead atoms. The Balaban J connectivity index is 0.000000250. The first kappa shape index (κ1) is 5.10. The Hall–Kier alpha value is -0.900. The van der Waals surface area contributed by atoms with Gasteiger partial charge in [0.05, 0.1) is 0 Å². The van der Waals surface area contributed by atoms with Gasteiger partial charge in [-0.3, -0.25) is 5.10 Å². The minimum Gasteiger partial charge on any atom is -0.412 e. The van der Waals surface area contributed by atoms with Crippen LogP contribution >= 0.6 is 0 Å². The van der Waals surface area contributed by atoms with Crippen molar-refractivity contribution in [2.24, 2.45) is 0 Å². The molecule has 6 heavy (non-hydrogen) atoms. The van der Waals surface area contributed by atoms with Crippen molar-refractivity contribution < 1.29 is 5.48 Å². The fourth-order valence-electron chi connectivity index (χ4n) is 0.167. The van der Waals surface area contributed by atoms with E-state index in [0.717, 1.165) is 0 Å². The van der Waals surface area contributed by atoms with E-state index >= 15 is 0 Å². The Labute approximate surface area is 34.5 Å². The van der Waals surface area contributed by atoms with Crippen LogP contribution in [0, 0.1) is 0 Å². The van der Waals surface area contributed by atoms with Crippen LogP contribution in [0.4, 0.5) is 0 Å². The molecule has 0 aliphatic carbocycles. The number of nitrogens with one attached hydrogen (secondary N) is 1. The zero-order valence-corrected chi connectivity index (χ0v) is 3.05. The molecule has 0 aromatic carbocycles. The normalized spacial score (nSPS) is 6.67. The minimum absolute atomic E-state index is 0. The summed E-state index contributed by atoms with van der Waals surface area (Å²) in [7, 11) is 0. The molecule has 0 saturated heterocycles. The number of rotatable bonds is 0. The third kappa shape index (κ3) is 0.813. The van der Waals surface area contributed by atoms with Crippen LogP contribution in [0.25, 0.3) is 0 Å². The van der Waals surface area contributed by atoms with Gasteiger partial charge in [-0.05, 0) is 0 Å². The van der Waals surface area contributed by atoms with Crippen LogP contribution in [-0.4, -0.2) is 20.7 Å². The number of nitrogens with zero attached hydrogens (tertiary/aromatic N) is 2. The molecular formula is C2H5N3O. The summed E-state index contributed by atoms with van der Waals surface area (Å²) < 4.78 is 0. The monoisotopic (exact) mass is 87.0 g/mol. The highest BCUT2D eigenvalue weighted by Crippen LogP contribution is 1.53. The van der Waals surface area contributed by atoms with E-state index in [4.69, 9.17) is 0 Å². The molecule has 0 spiro atoms. The molecule has 4 heteroatoms. The summed E-state index contributed by atoms with van der Waals surface area (Å²) >= 11 is 0. The number of hydrogen-bond donors (Lipinski definition) is 1. The van der Waals surface area contributed by atoms with Crippen LogP contribution in [0.3, 0.4) is 0 Å².